The molecule has 3 aromatic rings. The number of aryl methyl sites for hydroxylation is 1. The lowest BCUT2D eigenvalue weighted by Crippen LogP contribution is -2.23. The standard InChI is InChI=1S/C19H22ClN3O5S/c1-3-29(26,27)22-12-4-5-17(28-13(9-20)11-24)15(8-12)16-10-23(2)18-14(16)6-7-21-19(18)25/h4-8,10,13,22,24H,3,9,11H2,1-2H3,(H,21,25). The van der Waals surface area contributed by atoms with Gasteiger partial charge in [-0.05, 0) is 31.2 Å². The van der Waals surface area contributed by atoms with Gasteiger partial charge in [0.15, 0.2) is 0 Å². The summed E-state index contributed by atoms with van der Waals surface area (Å²) >= 11 is 5.85. The Morgan fingerprint density at radius 1 is 1.31 bits per heavy atom. The van der Waals surface area contributed by atoms with Crippen LogP contribution in [0.4, 0.5) is 5.69 Å². The van der Waals surface area contributed by atoms with Crippen LogP contribution in [0.5, 0.6) is 5.75 Å². The largest absolute Gasteiger partial charge is 0.486 e. The second kappa shape index (κ2) is 8.48. The van der Waals surface area contributed by atoms with Gasteiger partial charge in [-0.1, -0.05) is 0 Å². The highest BCUT2D eigenvalue weighted by molar-refractivity contribution is 7.92. The van der Waals surface area contributed by atoms with Gasteiger partial charge in [0.1, 0.15) is 17.4 Å². The Labute approximate surface area is 173 Å². The summed E-state index contributed by atoms with van der Waals surface area (Å²) in [4.78, 5) is 14.9. The number of aliphatic hydroxyl groups excluding tert-OH is 1. The van der Waals surface area contributed by atoms with Gasteiger partial charge in [-0.15, -0.1) is 11.6 Å². The summed E-state index contributed by atoms with van der Waals surface area (Å²) in [5.74, 6) is 0.426. The Bertz CT molecular complexity index is 1180. The van der Waals surface area contributed by atoms with E-state index < -0.39 is 16.1 Å². The summed E-state index contributed by atoms with van der Waals surface area (Å²) < 4.78 is 34.0. The van der Waals surface area contributed by atoms with Gasteiger partial charge < -0.3 is 19.4 Å². The van der Waals surface area contributed by atoms with Crippen molar-refractivity contribution in [3.63, 3.8) is 0 Å². The van der Waals surface area contributed by atoms with Crippen LogP contribution >= 0.6 is 11.6 Å². The van der Waals surface area contributed by atoms with Gasteiger partial charge in [0, 0.05) is 41.6 Å². The summed E-state index contributed by atoms with van der Waals surface area (Å²) in [6.45, 7) is 1.27. The number of sulfonamides is 1. The Kier molecular flexibility index (Phi) is 6.21. The number of fused-ring (bicyclic) bond motifs is 1. The van der Waals surface area contributed by atoms with E-state index in [0.29, 0.717) is 33.5 Å². The van der Waals surface area contributed by atoms with Crippen molar-refractivity contribution in [2.45, 2.75) is 13.0 Å². The van der Waals surface area contributed by atoms with Crippen LogP contribution in [0.25, 0.3) is 22.0 Å². The van der Waals surface area contributed by atoms with E-state index in [0.717, 1.165) is 0 Å². The number of pyridine rings is 1. The first-order valence-corrected chi connectivity index (χ1v) is 11.1. The summed E-state index contributed by atoms with van der Waals surface area (Å²) in [6.07, 6.45) is 2.69. The zero-order valence-electron chi connectivity index (χ0n) is 16.0. The summed E-state index contributed by atoms with van der Waals surface area (Å²) in [5.41, 5.74) is 1.86. The maximum absolute atomic E-state index is 12.2. The normalized spacial score (nSPS) is 12.8. The van der Waals surface area contributed by atoms with E-state index in [-0.39, 0.29) is 23.8 Å². The third-order valence-corrected chi connectivity index (χ3v) is 6.14. The predicted molar refractivity (Wildman–Crippen MR) is 114 cm³/mol. The number of rotatable bonds is 8. The Morgan fingerprint density at radius 2 is 2.07 bits per heavy atom. The number of H-pyrrole nitrogens is 1. The number of anilines is 1. The number of benzene rings is 1. The number of aromatic nitrogens is 2. The molecule has 0 aliphatic carbocycles. The van der Waals surface area contributed by atoms with E-state index in [4.69, 9.17) is 16.3 Å². The molecular formula is C19H22ClN3O5S. The fourth-order valence-corrected chi connectivity index (χ4v) is 3.83. The van der Waals surface area contributed by atoms with Crippen LogP contribution in [-0.2, 0) is 17.1 Å². The van der Waals surface area contributed by atoms with Crippen LogP contribution in [0.15, 0.2) is 41.5 Å². The van der Waals surface area contributed by atoms with Crippen molar-refractivity contribution < 1.29 is 18.3 Å². The molecule has 0 saturated heterocycles. The molecule has 1 atom stereocenters. The quantitative estimate of drug-likeness (QED) is 0.466. The SMILES string of the molecule is CCS(=O)(=O)Nc1ccc(OC(CO)CCl)c(-c2cn(C)c3c(=O)[nH]ccc23)c1. The van der Waals surface area contributed by atoms with Crippen LogP contribution in [-0.4, -0.2) is 47.4 Å². The third-order valence-electron chi connectivity index (χ3n) is 4.49. The average molecular weight is 440 g/mol. The maximum Gasteiger partial charge on any atom is 0.272 e. The first-order valence-electron chi connectivity index (χ1n) is 8.94. The molecule has 0 radical (unpaired) electrons. The van der Waals surface area contributed by atoms with Gasteiger partial charge in [-0.2, -0.15) is 0 Å². The molecule has 1 unspecified atom stereocenters. The number of alkyl halides is 1. The number of ether oxygens (including phenoxy) is 1. The molecule has 3 N–H and O–H groups in total. The molecule has 0 spiro atoms. The van der Waals surface area contributed by atoms with E-state index in [2.05, 4.69) is 9.71 Å². The molecule has 3 rings (SSSR count). The lowest BCUT2D eigenvalue weighted by Gasteiger charge is -2.18. The van der Waals surface area contributed by atoms with Crippen LogP contribution in [0.3, 0.4) is 0 Å². The fourth-order valence-electron chi connectivity index (χ4n) is 3.04. The van der Waals surface area contributed by atoms with E-state index in [9.17, 15) is 18.3 Å². The molecule has 2 heterocycles. The van der Waals surface area contributed by atoms with Crippen molar-refractivity contribution in [3.05, 3.63) is 47.0 Å². The van der Waals surface area contributed by atoms with Crippen LogP contribution < -0.4 is 15.0 Å². The minimum atomic E-state index is -3.47. The Morgan fingerprint density at radius 3 is 2.72 bits per heavy atom. The number of hydrogen-bond acceptors (Lipinski definition) is 5. The van der Waals surface area contributed by atoms with Gasteiger partial charge in [0.05, 0.1) is 18.2 Å². The molecular weight excluding hydrogens is 418 g/mol. The van der Waals surface area contributed by atoms with E-state index in [1.807, 2.05) is 0 Å². The maximum atomic E-state index is 12.2. The highest BCUT2D eigenvalue weighted by atomic mass is 35.5. The second-order valence-corrected chi connectivity index (χ2v) is 8.84. The van der Waals surface area contributed by atoms with Crippen molar-refractivity contribution in [2.75, 3.05) is 23.0 Å². The molecule has 0 fully saturated rings. The first-order chi connectivity index (χ1) is 13.8. The number of nitrogens with zero attached hydrogens (tertiary/aromatic N) is 1. The van der Waals surface area contributed by atoms with E-state index >= 15 is 0 Å². The molecule has 156 valence electrons. The lowest BCUT2D eigenvalue weighted by molar-refractivity contribution is 0.132. The number of halogens is 1. The second-order valence-electron chi connectivity index (χ2n) is 6.52. The van der Waals surface area contributed by atoms with Crippen molar-refractivity contribution in [1.82, 2.24) is 9.55 Å². The molecule has 10 heteroatoms. The molecule has 2 aromatic heterocycles. The van der Waals surface area contributed by atoms with Crippen molar-refractivity contribution in [2.24, 2.45) is 7.05 Å². The third kappa shape index (κ3) is 4.42. The summed E-state index contributed by atoms with van der Waals surface area (Å²) in [5, 5.41) is 10.1. The molecule has 0 aliphatic heterocycles. The summed E-state index contributed by atoms with van der Waals surface area (Å²) in [7, 11) is -1.72. The highest BCUT2D eigenvalue weighted by Crippen LogP contribution is 2.37. The number of nitrogens with one attached hydrogen (secondary N) is 2. The molecule has 0 amide bonds. The smallest absolute Gasteiger partial charge is 0.272 e. The number of hydrogen-bond donors (Lipinski definition) is 3. The van der Waals surface area contributed by atoms with Crippen molar-refractivity contribution >= 4 is 38.2 Å². The average Bonchev–Trinajstić information content (AvgIpc) is 3.04. The first kappa shape index (κ1) is 21.2. The zero-order chi connectivity index (χ0) is 21.2. The minimum absolute atomic E-state index is 0.0664. The number of aromatic amines is 1. The molecule has 0 bridgehead atoms. The predicted octanol–water partition coefficient (Wildman–Crippen LogP) is 2.27. The van der Waals surface area contributed by atoms with Gasteiger partial charge in [-0.25, -0.2) is 8.42 Å². The molecule has 0 saturated carbocycles. The van der Waals surface area contributed by atoms with Gasteiger partial charge >= 0.3 is 0 Å². The molecule has 29 heavy (non-hydrogen) atoms. The van der Waals surface area contributed by atoms with Gasteiger partial charge in [0.2, 0.25) is 10.0 Å². The van der Waals surface area contributed by atoms with Crippen molar-refractivity contribution in [3.8, 4) is 16.9 Å². The van der Waals surface area contributed by atoms with Crippen molar-refractivity contribution in [1.29, 1.82) is 0 Å². The van der Waals surface area contributed by atoms with Crippen LogP contribution in [0, 0.1) is 0 Å². The monoisotopic (exact) mass is 439 g/mol. The zero-order valence-corrected chi connectivity index (χ0v) is 17.5. The van der Waals surface area contributed by atoms with Gasteiger partial charge in [-0.3, -0.25) is 9.52 Å². The topological polar surface area (TPSA) is 113 Å². The van der Waals surface area contributed by atoms with E-state index in [1.54, 1.807) is 55.2 Å². The van der Waals surface area contributed by atoms with Gasteiger partial charge in [0.25, 0.3) is 5.56 Å². The summed E-state index contributed by atoms with van der Waals surface area (Å²) in [6, 6.07) is 6.60. The van der Waals surface area contributed by atoms with Crippen LogP contribution in [0.1, 0.15) is 6.92 Å². The molecule has 1 aromatic carbocycles. The fraction of sp³-hybridized carbons (Fsp3) is 0.316. The molecule has 0 aliphatic rings. The van der Waals surface area contributed by atoms with Crippen LogP contribution in [0.2, 0.25) is 0 Å². The Hall–Kier alpha value is -2.49. The minimum Gasteiger partial charge on any atom is -0.486 e. The Balaban J connectivity index is 2.21. The molecule has 8 nitrogen and oxygen atoms in total. The van der Waals surface area contributed by atoms with E-state index in [1.165, 1.54) is 0 Å². The highest BCUT2D eigenvalue weighted by Gasteiger charge is 2.19. The lowest BCUT2D eigenvalue weighted by atomic mass is 10.0. The number of aliphatic hydroxyl groups is 1.